The Morgan fingerprint density at radius 3 is 1.85 bits per heavy atom. The zero-order chi connectivity index (χ0) is 59.2. The normalized spacial score (nSPS) is 17.7. The average molecular weight is 1230 g/mol. The lowest BCUT2D eigenvalue weighted by Crippen LogP contribution is -2.49. The first kappa shape index (κ1) is 60.7. The van der Waals surface area contributed by atoms with Crippen LogP contribution >= 0.6 is 27.3 Å². The molecule has 2 saturated heterocycles. The Morgan fingerprint density at radius 2 is 1.27 bits per heavy atom. The molecular weight excluding hydrogens is 1140 g/mol. The molecule has 3 aliphatic heterocycles. The number of aromatic nitrogens is 2. The number of fused-ring (bicyclic) bond motifs is 2. The van der Waals surface area contributed by atoms with Crippen molar-refractivity contribution < 1.29 is 42.9 Å². The van der Waals surface area contributed by atoms with E-state index in [4.69, 9.17) is 28.7 Å². The third-order valence-corrected chi connectivity index (χ3v) is 19.3. The molecule has 84 heavy (non-hydrogen) atoms. The highest BCUT2D eigenvalue weighted by molar-refractivity contribution is 9.10. The number of ether oxygens (including phenoxy) is 5. The number of aryl methyl sites for hydroxylation is 2. The lowest BCUT2D eigenvalue weighted by atomic mass is 9.58. The van der Waals surface area contributed by atoms with Gasteiger partial charge in [0.25, 0.3) is 5.91 Å². The smallest absolute Gasteiger partial charge is 0.358 e. The van der Waals surface area contributed by atoms with E-state index >= 15 is 0 Å². The summed E-state index contributed by atoms with van der Waals surface area (Å²) in [5.74, 6) is 2.65. The van der Waals surface area contributed by atoms with Crippen molar-refractivity contribution in [1.29, 1.82) is 0 Å². The summed E-state index contributed by atoms with van der Waals surface area (Å²) in [6.07, 6.45) is 10.1. The minimum Gasteiger partial charge on any atom is -0.493 e. The van der Waals surface area contributed by atoms with Gasteiger partial charge in [-0.15, -0.1) is 0 Å². The lowest BCUT2D eigenvalue weighted by Gasteiger charge is -2.52. The third-order valence-electron chi connectivity index (χ3n) is 17.5. The van der Waals surface area contributed by atoms with Crippen molar-refractivity contribution >= 4 is 72.2 Å². The van der Waals surface area contributed by atoms with Gasteiger partial charge in [-0.1, -0.05) is 57.6 Å². The van der Waals surface area contributed by atoms with Crippen molar-refractivity contribution in [3.05, 3.63) is 129 Å². The van der Waals surface area contributed by atoms with Crippen LogP contribution in [0.25, 0.3) is 21.3 Å². The Hall–Kier alpha value is -6.40. The van der Waals surface area contributed by atoms with E-state index in [-0.39, 0.29) is 23.5 Å². The Morgan fingerprint density at radius 1 is 0.690 bits per heavy atom. The number of anilines is 2. The number of nitrogens with zero attached hydrogens (tertiary/aromatic N) is 5. The second-order valence-corrected chi connectivity index (χ2v) is 26.7. The SMILES string of the molecule is CCOC(=O)CN1CCC2(CC1)CC(COc1ccc(-c3ccc(N4CCc5cccc(C(=O)Nc6nc7ccccc7s6)c5C4)nc3C(=O)OC(C)(C)C)c(C)c1)C2.CCOC(=O)CN1CCC2(CC1)CC(COc1ccc(Br)c(C)c1)C2. The molecule has 2 aromatic heterocycles. The van der Waals surface area contributed by atoms with E-state index in [2.05, 4.69) is 60.0 Å². The number of carbonyl (C=O) groups excluding carboxylic acids is 4. The largest absolute Gasteiger partial charge is 0.493 e. The highest BCUT2D eigenvalue weighted by Crippen LogP contribution is 2.54. The Kier molecular flexibility index (Phi) is 19.1. The highest BCUT2D eigenvalue weighted by atomic mass is 79.9. The first-order valence-corrected chi connectivity index (χ1v) is 31.6. The molecule has 1 N–H and O–H groups in total. The fourth-order valence-electron chi connectivity index (χ4n) is 13.1. The first-order chi connectivity index (χ1) is 40.3. The number of piperidine rings is 2. The molecule has 5 aliphatic rings. The maximum absolute atomic E-state index is 13.9. The minimum absolute atomic E-state index is 0.0943. The van der Waals surface area contributed by atoms with E-state index in [1.807, 2.05) is 120 Å². The summed E-state index contributed by atoms with van der Waals surface area (Å²) in [6, 6.07) is 29.8. The zero-order valence-corrected chi connectivity index (χ0v) is 52.3. The fourth-order valence-corrected chi connectivity index (χ4v) is 14.2. The van der Waals surface area contributed by atoms with Crippen LogP contribution in [-0.4, -0.2) is 121 Å². The number of halogens is 1. The van der Waals surface area contributed by atoms with Crippen LogP contribution in [0.2, 0.25) is 0 Å². The number of carbonyl (C=O) groups is 4. The molecule has 0 atom stereocenters. The molecule has 2 aliphatic carbocycles. The second-order valence-electron chi connectivity index (χ2n) is 24.8. The summed E-state index contributed by atoms with van der Waals surface area (Å²) in [5, 5.41) is 3.58. The predicted molar refractivity (Wildman–Crippen MR) is 333 cm³/mol. The standard InChI is InChI=1S/C47H53N5O6S.C20H28BrNO3/c1-6-56-41(53)28-51-22-19-47(20-23-51)25-31(26-47)29-57-33-14-15-34(30(2)24-33)35-16-17-40(49-42(35)44(55)58-46(3,4)5)52-21-18-32-10-9-11-36(37(32)27-52)43(54)50-45-48-38-12-7-8-13-39(38)59-45;1-3-24-19(23)13-22-8-6-20(7-9-22)11-16(12-20)14-25-17-4-5-18(21)15(2)10-17/h7-17,24,31H,6,18-23,25-29H2,1-5H3,(H,48,50,54);4-5,10,16H,3,6-9,11-14H2,1-2H3. The van der Waals surface area contributed by atoms with Crippen LogP contribution in [0, 0.1) is 36.5 Å². The van der Waals surface area contributed by atoms with Gasteiger partial charge >= 0.3 is 17.9 Å². The van der Waals surface area contributed by atoms with E-state index in [9.17, 15) is 19.2 Å². The molecule has 4 aromatic carbocycles. The predicted octanol–water partition coefficient (Wildman–Crippen LogP) is 13.1. The van der Waals surface area contributed by atoms with Gasteiger partial charge in [-0.3, -0.25) is 29.5 Å². The quantitative estimate of drug-likeness (QED) is 0.0678. The molecular formula is C67H81BrN6O9S. The van der Waals surface area contributed by atoms with Crippen molar-refractivity contribution in [2.24, 2.45) is 22.7 Å². The van der Waals surface area contributed by atoms with Crippen LogP contribution in [0.3, 0.4) is 0 Å². The maximum atomic E-state index is 13.9. The van der Waals surface area contributed by atoms with Gasteiger partial charge in [0.2, 0.25) is 0 Å². The number of amides is 1. The molecule has 1 amide bonds. The van der Waals surface area contributed by atoms with Crippen LogP contribution in [0.5, 0.6) is 11.5 Å². The van der Waals surface area contributed by atoms with Gasteiger partial charge in [-0.05, 0) is 244 Å². The molecule has 0 radical (unpaired) electrons. The molecule has 11 rings (SSSR count). The summed E-state index contributed by atoms with van der Waals surface area (Å²) in [4.78, 5) is 67.2. The van der Waals surface area contributed by atoms with Crippen molar-refractivity contribution in [3.8, 4) is 22.6 Å². The summed E-state index contributed by atoms with van der Waals surface area (Å²) in [6.45, 7) is 21.6. The molecule has 0 bridgehead atoms. The maximum Gasteiger partial charge on any atom is 0.358 e. The van der Waals surface area contributed by atoms with Gasteiger partial charge in [-0.2, -0.15) is 0 Å². The number of benzene rings is 4. The summed E-state index contributed by atoms with van der Waals surface area (Å²) < 4.78 is 30.6. The first-order valence-electron chi connectivity index (χ1n) is 30.0. The van der Waals surface area contributed by atoms with Crippen molar-refractivity contribution in [2.75, 3.05) is 82.5 Å². The van der Waals surface area contributed by atoms with E-state index in [0.29, 0.717) is 90.7 Å². The van der Waals surface area contributed by atoms with Crippen molar-refractivity contribution in [3.63, 3.8) is 0 Å². The Bertz CT molecular complexity index is 3300. The molecule has 2 spiro atoms. The molecule has 4 fully saturated rings. The van der Waals surface area contributed by atoms with E-state index in [0.717, 1.165) is 113 Å². The highest BCUT2D eigenvalue weighted by Gasteiger charge is 2.47. The molecule has 0 unspecified atom stereocenters. The molecule has 446 valence electrons. The number of pyridine rings is 1. The monoisotopic (exact) mass is 1220 g/mol. The van der Waals surface area contributed by atoms with Crippen LogP contribution in [0.1, 0.15) is 129 Å². The summed E-state index contributed by atoms with van der Waals surface area (Å²) in [5.41, 5.74) is 7.63. The zero-order valence-electron chi connectivity index (χ0n) is 49.9. The van der Waals surface area contributed by atoms with E-state index < -0.39 is 11.6 Å². The number of thiazole rings is 1. The number of likely N-dealkylation sites (tertiary alicyclic amines) is 2. The number of hydrogen-bond donors (Lipinski definition) is 1. The third kappa shape index (κ3) is 15.0. The van der Waals surface area contributed by atoms with Gasteiger partial charge < -0.3 is 28.6 Å². The second kappa shape index (κ2) is 26.5. The van der Waals surface area contributed by atoms with Crippen LogP contribution in [0.15, 0.2) is 95.5 Å². The van der Waals surface area contributed by atoms with Gasteiger partial charge in [0.05, 0.1) is 49.7 Å². The fraction of sp³-hybridized carbons (Fsp3) is 0.493. The molecule has 2 saturated carbocycles. The van der Waals surface area contributed by atoms with Gasteiger partial charge in [0.1, 0.15) is 22.9 Å². The van der Waals surface area contributed by atoms with Gasteiger partial charge in [0.15, 0.2) is 10.8 Å². The Labute approximate surface area is 507 Å². The summed E-state index contributed by atoms with van der Waals surface area (Å²) in [7, 11) is 0. The van der Waals surface area contributed by atoms with Crippen LogP contribution in [-0.2, 0) is 36.8 Å². The minimum atomic E-state index is -0.714. The number of esters is 3. The van der Waals surface area contributed by atoms with Crippen LogP contribution in [0.4, 0.5) is 10.9 Å². The van der Waals surface area contributed by atoms with Gasteiger partial charge in [-0.25, -0.2) is 14.8 Å². The topological polar surface area (TPSA) is 162 Å². The summed E-state index contributed by atoms with van der Waals surface area (Å²) >= 11 is 4.97. The molecule has 17 heteroatoms. The number of rotatable bonds is 17. The van der Waals surface area contributed by atoms with E-state index in [1.54, 1.807) is 0 Å². The van der Waals surface area contributed by atoms with E-state index in [1.165, 1.54) is 42.6 Å². The molecule has 6 aromatic rings. The Balaban J connectivity index is 0.000000262. The number of hydrogen-bond acceptors (Lipinski definition) is 15. The number of nitrogens with one attached hydrogen (secondary N) is 1. The number of para-hydroxylation sites is 1. The lowest BCUT2D eigenvalue weighted by molar-refractivity contribution is -0.146. The van der Waals surface area contributed by atoms with Crippen molar-refractivity contribution in [1.82, 2.24) is 19.8 Å². The molecule has 5 heterocycles. The van der Waals surface area contributed by atoms with Gasteiger partial charge in [0, 0.05) is 28.7 Å². The molecule has 15 nitrogen and oxygen atoms in total. The average Bonchev–Trinajstić information content (AvgIpc) is 3.95. The van der Waals surface area contributed by atoms with Crippen molar-refractivity contribution in [2.45, 2.75) is 118 Å². The van der Waals surface area contributed by atoms with Crippen LogP contribution < -0.4 is 19.7 Å².